The van der Waals surface area contributed by atoms with E-state index in [2.05, 4.69) is 4.98 Å². The third-order valence-corrected chi connectivity index (χ3v) is 5.34. The van der Waals surface area contributed by atoms with Crippen molar-refractivity contribution in [2.24, 2.45) is 0 Å². The molecule has 1 heterocycles. The van der Waals surface area contributed by atoms with E-state index in [9.17, 15) is 13.2 Å². The maximum Gasteiger partial charge on any atom is 0.127 e. The molecule has 3 nitrogen and oxygen atoms in total. The second-order valence-corrected chi connectivity index (χ2v) is 7.11. The molecule has 22 heavy (non-hydrogen) atoms. The van der Waals surface area contributed by atoms with Crippen molar-refractivity contribution in [1.82, 2.24) is 4.98 Å². The highest BCUT2D eigenvalue weighted by atomic mass is 32.2. The third kappa shape index (κ3) is 3.19. The second-order valence-electron chi connectivity index (χ2n) is 5.36. The van der Waals surface area contributed by atoms with Crippen LogP contribution < -0.4 is 0 Å². The first-order valence-corrected chi connectivity index (χ1v) is 9.16. The third-order valence-electron chi connectivity index (χ3n) is 3.77. The van der Waals surface area contributed by atoms with Crippen molar-refractivity contribution in [2.45, 2.75) is 31.9 Å². The summed E-state index contributed by atoms with van der Waals surface area (Å²) < 4.78 is 35.5. The predicted octanol–water partition coefficient (Wildman–Crippen LogP) is 4.06. The van der Waals surface area contributed by atoms with Crippen molar-refractivity contribution in [3.8, 4) is 0 Å². The van der Waals surface area contributed by atoms with Crippen LogP contribution in [0.15, 0.2) is 23.6 Å². The van der Waals surface area contributed by atoms with E-state index in [1.165, 1.54) is 11.6 Å². The van der Waals surface area contributed by atoms with E-state index in [1.54, 1.807) is 17.4 Å². The molecule has 0 saturated heterocycles. The summed E-state index contributed by atoms with van der Waals surface area (Å²) in [6.45, 7) is 1.96. The van der Waals surface area contributed by atoms with E-state index in [-0.39, 0.29) is 11.3 Å². The zero-order valence-electron chi connectivity index (χ0n) is 12.1. The first kappa shape index (κ1) is 15.5. The van der Waals surface area contributed by atoms with Gasteiger partial charge in [-0.15, -0.1) is 11.3 Å². The van der Waals surface area contributed by atoms with Crippen LogP contribution in [0.25, 0.3) is 11.1 Å². The van der Waals surface area contributed by atoms with E-state index >= 15 is 0 Å². The molecule has 0 saturated carbocycles. The van der Waals surface area contributed by atoms with E-state index in [1.807, 2.05) is 18.4 Å². The van der Waals surface area contributed by atoms with Gasteiger partial charge in [-0.1, -0.05) is 23.2 Å². The Bertz CT molecular complexity index is 767. The molecule has 1 atom stereocenters. The van der Waals surface area contributed by atoms with Gasteiger partial charge in [-0.05, 0) is 54.5 Å². The molecule has 1 aliphatic rings. The first-order chi connectivity index (χ1) is 10.5. The largest absolute Gasteiger partial charge is 0.772 e. The lowest BCUT2D eigenvalue weighted by Crippen LogP contribution is -1.98. The molecule has 0 amide bonds. The molecule has 0 spiro atoms. The summed E-state index contributed by atoms with van der Waals surface area (Å²) in [5.41, 5.74) is 4.36. The van der Waals surface area contributed by atoms with Crippen molar-refractivity contribution in [2.75, 3.05) is 0 Å². The zero-order valence-corrected chi connectivity index (χ0v) is 13.7. The normalized spacial score (nSPS) is 16.3. The Morgan fingerprint density at radius 2 is 2.14 bits per heavy atom. The average molecular weight is 336 g/mol. The quantitative estimate of drug-likeness (QED) is 0.791. The Kier molecular flexibility index (Phi) is 4.52. The highest BCUT2D eigenvalue weighted by Crippen LogP contribution is 2.40. The van der Waals surface area contributed by atoms with Gasteiger partial charge in [0.1, 0.15) is 10.8 Å². The number of rotatable bonds is 4. The van der Waals surface area contributed by atoms with Gasteiger partial charge in [0.05, 0.1) is 0 Å². The lowest BCUT2D eigenvalue weighted by atomic mass is 10.0. The molecule has 1 aromatic carbocycles. The monoisotopic (exact) mass is 336 g/mol. The first-order valence-electron chi connectivity index (χ1n) is 7.04. The van der Waals surface area contributed by atoms with Gasteiger partial charge < -0.3 is 4.55 Å². The molecule has 1 unspecified atom stereocenters. The Morgan fingerprint density at radius 1 is 1.36 bits per heavy atom. The summed E-state index contributed by atoms with van der Waals surface area (Å²) in [5, 5.41) is 3.03. The Hall–Kier alpha value is -1.37. The lowest BCUT2D eigenvalue weighted by molar-refractivity contribution is 0.533. The van der Waals surface area contributed by atoms with Crippen molar-refractivity contribution < 1.29 is 13.2 Å². The molecule has 0 aliphatic heterocycles. The highest BCUT2D eigenvalue weighted by molar-refractivity contribution is 7.78. The number of hydrogen-bond acceptors (Lipinski definition) is 4. The Labute approximate surface area is 135 Å². The molecule has 1 aromatic heterocycles. The number of nitrogens with zero attached hydrogens (tertiary/aromatic N) is 1. The molecular formula is C16H15FNO2S2-. The molecule has 6 heteroatoms. The topological polar surface area (TPSA) is 53.0 Å². The second kappa shape index (κ2) is 6.40. The maximum absolute atomic E-state index is 14.1. The SMILES string of the molecule is Cc1csc(C2=C(c3ccc(CS(=O)[O-])c(F)c3)CCC2)n1. The van der Waals surface area contributed by atoms with E-state index in [0.29, 0.717) is 0 Å². The predicted molar refractivity (Wildman–Crippen MR) is 86.5 cm³/mol. The van der Waals surface area contributed by atoms with Crippen LogP contribution in [0.4, 0.5) is 4.39 Å². The van der Waals surface area contributed by atoms with Crippen LogP contribution in [0, 0.1) is 12.7 Å². The van der Waals surface area contributed by atoms with E-state index in [4.69, 9.17) is 0 Å². The van der Waals surface area contributed by atoms with Crippen LogP contribution in [-0.4, -0.2) is 13.7 Å². The van der Waals surface area contributed by atoms with Crippen LogP contribution in [-0.2, 0) is 16.8 Å². The summed E-state index contributed by atoms with van der Waals surface area (Å²) >= 11 is -0.663. The van der Waals surface area contributed by atoms with Gasteiger partial charge in [0.2, 0.25) is 0 Å². The molecule has 0 N–H and O–H groups in total. The zero-order chi connectivity index (χ0) is 15.7. The van der Waals surface area contributed by atoms with Crippen molar-refractivity contribution >= 4 is 33.6 Å². The fourth-order valence-electron chi connectivity index (χ4n) is 2.77. The molecule has 116 valence electrons. The number of thiazole rings is 1. The molecule has 2 aromatic rings. The summed E-state index contributed by atoms with van der Waals surface area (Å²) in [7, 11) is 0. The molecule has 1 aliphatic carbocycles. The molecule has 0 bridgehead atoms. The van der Waals surface area contributed by atoms with Gasteiger partial charge in [0.15, 0.2) is 0 Å². The fraction of sp³-hybridized carbons (Fsp3) is 0.312. The summed E-state index contributed by atoms with van der Waals surface area (Å²) in [6.07, 6.45) is 2.90. The average Bonchev–Trinajstić information content (AvgIpc) is 3.09. The van der Waals surface area contributed by atoms with Crippen molar-refractivity contribution in [3.05, 3.63) is 51.2 Å². The van der Waals surface area contributed by atoms with Crippen LogP contribution >= 0.6 is 11.3 Å². The Morgan fingerprint density at radius 3 is 2.77 bits per heavy atom. The number of benzene rings is 1. The van der Waals surface area contributed by atoms with Crippen molar-refractivity contribution in [1.29, 1.82) is 0 Å². The molecule has 3 rings (SSSR count). The Balaban J connectivity index is 1.99. The summed E-state index contributed by atoms with van der Waals surface area (Å²) in [6, 6.07) is 4.83. The number of aryl methyl sites for hydroxylation is 1. The summed E-state index contributed by atoms with van der Waals surface area (Å²) in [4.78, 5) is 4.53. The van der Waals surface area contributed by atoms with Crippen LogP contribution in [0.2, 0.25) is 0 Å². The number of hydrogen-bond donors (Lipinski definition) is 0. The van der Waals surface area contributed by atoms with Gasteiger partial charge in [0, 0.05) is 16.8 Å². The number of aromatic nitrogens is 1. The van der Waals surface area contributed by atoms with Crippen molar-refractivity contribution in [3.63, 3.8) is 0 Å². The maximum atomic E-state index is 14.1. The van der Waals surface area contributed by atoms with Gasteiger partial charge in [0.25, 0.3) is 0 Å². The number of halogens is 1. The molecular weight excluding hydrogens is 321 g/mol. The van der Waals surface area contributed by atoms with Crippen LogP contribution in [0.3, 0.4) is 0 Å². The lowest BCUT2D eigenvalue weighted by Gasteiger charge is -2.10. The van der Waals surface area contributed by atoms with Crippen LogP contribution in [0.5, 0.6) is 0 Å². The fourth-order valence-corrected chi connectivity index (χ4v) is 4.16. The minimum atomic E-state index is -2.28. The van der Waals surface area contributed by atoms with E-state index < -0.39 is 16.9 Å². The minimum absolute atomic E-state index is 0.210. The molecule has 0 radical (unpaired) electrons. The van der Waals surface area contributed by atoms with Gasteiger partial charge in [-0.2, -0.15) is 0 Å². The van der Waals surface area contributed by atoms with Gasteiger partial charge >= 0.3 is 0 Å². The number of allylic oxidation sites excluding steroid dienone is 2. The van der Waals surface area contributed by atoms with Crippen LogP contribution in [0.1, 0.15) is 41.1 Å². The highest BCUT2D eigenvalue weighted by Gasteiger charge is 2.20. The van der Waals surface area contributed by atoms with Gasteiger partial charge in [-0.25, -0.2) is 9.37 Å². The summed E-state index contributed by atoms with van der Waals surface area (Å²) in [5.74, 6) is -0.750. The molecule has 0 fully saturated rings. The van der Waals surface area contributed by atoms with Gasteiger partial charge in [-0.3, -0.25) is 4.21 Å². The standard InChI is InChI=1S/C16H16FNO2S2/c1-10-8-21-16(18-10)14-4-2-3-13(14)11-5-6-12(9-22(19)20)15(17)7-11/h5-8H,2-4,9H2,1H3,(H,19,20)/p-1. The smallest absolute Gasteiger partial charge is 0.127 e. The van der Waals surface area contributed by atoms with E-state index in [0.717, 1.165) is 41.1 Å². The minimum Gasteiger partial charge on any atom is -0.772 e.